The molecule has 34 heavy (non-hydrogen) atoms. The third-order valence-electron chi connectivity index (χ3n) is 5.29. The van der Waals surface area contributed by atoms with Crippen LogP contribution in [0.5, 0.6) is 0 Å². The number of carbonyl (C=O) groups excluding carboxylic acids is 2. The summed E-state index contributed by atoms with van der Waals surface area (Å²) in [5.74, 6) is 0.610. The van der Waals surface area contributed by atoms with Crippen molar-refractivity contribution in [3.8, 4) is 0 Å². The van der Waals surface area contributed by atoms with Gasteiger partial charge in [0.1, 0.15) is 23.9 Å². The van der Waals surface area contributed by atoms with Crippen LogP contribution in [-0.4, -0.2) is 41.3 Å². The van der Waals surface area contributed by atoms with Gasteiger partial charge in [-0.2, -0.15) is 0 Å². The number of amides is 2. The molecule has 6 nitrogen and oxygen atoms in total. The highest BCUT2D eigenvalue weighted by Gasteiger charge is 2.22. The maximum absolute atomic E-state index is 13.3. The highest BCUT2D eigenvalue weighted by Crippen LogP contribution is 2.14. The average molecular weight is 467 g/mol. The van der Waals surface area contributed by atoms with Crippen LogP contribution in [0.25, 0.3) is 0 Å². The molecule has 7 heteroatoms. The molecule has 3 aromatic rings. The molecule has 0 aliphatic carbocycles. The van der Waals surface area contributed by atoms with Gasteiger partial charge in [0.05, 0.1) is 19.7 Å². The topological polar surface area (TPSA) is 63.0 Å². The van der Waals surface area contributed by atoms with Crippen LogP contribution in [0.1, 0.15) is 36.0 Å². The maximum atomic E-state index is 13.3. The van der Waals surface area contributed by atoms with Crippen molar-refractivity contribution in [2.24, 2.45) is 0 Å². The number of rotatable bonds is 12. The second-order valence-electron chi connectivity index (χ2n) is 8.18. The summed E-state index contributed by atoms with van der Waals surface area (Å²) in [7, 11) is 0. The zero-order chi connectivity index (χ0) is 24.3. The monoisotopic (exact) mass is 466 g/mol. The van der Waals surface area contributed by atoms with Crippen LogP contribution in [0, 0.1) is 12.7 Å². The molecule has 1 heterocycles. The number of ether oxygens (including phenoxy) is 1. The van der Waals surface area contributed by atoms with Gasteiger partial charge in [-0.3, -0.25) is 9.59 Å². The number of halogens is 1. The summed E-state index contributed by atoms with van der Waals surface area (Å²) in [6.45, 7) is 4.93. The normalized spacial score (nSPS) is 10.8. The molecule has 0 aliphatic heterocycles. The van der Waals surface area contributed by atoms with Gasteiger partial charge in [-0.15, -0.1) is 0 Å². The van der Waals surface area contributed by atoms with Crippen LogP contribution in [0.15, 0.2) is 71.1 Å². The predicted octanol–water partition coefficient (Wildman–Crippen LogP) is 4.71. The lowest BCUT2D eigenvalue weighted by atomic mass is 10.2. The van der Waals surface area contributed by atoms with Crippen LogP contribution >= 0.6 is 0 Å². The Morgan fingerprint density at radius 1 is 0.882 bits per heavy atom. The van der Waals surface area contributed by atoms with Crippen LogP contribution in [0.2, 0.25) is 0 Å². The summed E-state index contributed by atoms with van der Waals surface area (Å²) in [6, 6.07) is 19.3. The van der Waals surface area contributed by atoms with Gasteiger partial charge >= 0.3 is 0 Å². The van der Waals surface area contributed by atoms with Crippen molar-refractivity contribution in [3.63, 3.8) is 0 Å². The van der Waals surface area contributed by atoms with E-state index in [-0.39, 0.29) is 43.9 Å². The van der Waals surface area contributed by atoms with Crippen LogP contribution in [0.4, 0.5) is 4.39 Å². The van der Waals surface area contributed by atoms with Gasteiger partial charge in [-0.25, -0.2) is 4.39 Å². The Bertz CT molecular complexity index is 1050. The molecule has 0 N–H and O–H groups in total. The smallest absolute Gasteiger partial charge is 0.249 e. The lowest BCUT2D eigenvalue weighted by Crippen LogP contribution is -2.44. The largest absolute Gasteiger partial charge is 0.464 e. The summed E-state index contributed by atoms with van der Waals surface area (Å²) in [4.78, 5) is 29.2. The second kappa shape index (κ2) is 12.7. The molecule has 0 spiro atoms. The molecular weight excluding hydrogens is 435 g/mol. The van der Waals surface area contributed by atoms with E-state index >= 15 is 0 Å². The molecular formula is C27H31FN2O4. The molecule has 0 unspecified atom stereocenters. The fourth-order valence-electron chi connectivity index (χ4n) is 3.55. The Morgan fingerprint density at radius 3 is 2.26 bits per heavy atom. The minimum atomic E-state index is -0.335. The Labute approximate surface area is 199 Å². The van der Waals surface area contributed by atoms with E-state index in [4.69, 9.17) is 9.15 Å². The molecule has 180 valence electrons. The molecule has 0 aliphatic rings. The number of nitrogens with zero attached hydrogens (tertiary/aromatic N) is 2. The summed E-state index contributed by atoms with van der Waals surface area (Å²) in [6.07, 6.45) is 0.715. The van der Waals surface area contributed by atoms with E-state index in [9.17, 15) is 14.0 Å². The van der Waals surface area contributed by atoms with Gasteiger partial charge < -0.3 is 19.0 Å². The Balaban J connectivity index is 1.65. The van der Waals surface area contributed by atoms with Crippen molar-refractivity contribution >= 4 is 11.8 Å². The molecule has 0 saturated heterocycles. The molecule has 1 aromatic heterocycles. The number of aryl methyl sites for hydroxylation is 1. The highest BCUT2D eigenvalue weighted by atomic mass is 19.1. The van der Waals surface area contributed by atoms with E-state index < -0.39 is 0 Å². The van der Waals surface area contributed by atoms with E-state index in [2.05, 4.69) is 0 Å². The van der Waals surface area contributed by atoms with E-state index in [1.165, 1.54) is 17.0 Å². The van der Waals surface area contributed by atoms with E-state index in [0.717, 1.165) is 16.9 Å². The number of hydrogen-bond donors (Lipinski definition) is 0. The first-order chi connectivity index (χ1) is 16.4. The second-order valence-corrected chi connectivity index (χ2v) is 8.18. The molecule has 0 saturated carbocycles. The van der Waals surface area contributed by atoms with Crippen molar-refractivity contribution in [3.05, 3.63) is 95.2 Å². The minimum Gasteiger partial charge on any atom is -0.464 e. The maximum Gasteiger partial charge on any atom is 0.249 e. The summed E-state index contributed by atoms with van der Waals surface area (Å²) in [5.41, 5.74) is 1.77. The minimum absolute atomic E-state index is 0.0672. The third-order valence-corrected chi connectivity index (χ3v) is 5.29. The van der Waals surface area contributed by atoms with Crippen molar-refractivity contribution in [2.45, 2.75) is 40.0 Å². The summed E-state index contributed by atoms with van der Waals surface area (Å²) >= 11 is 0. The van der Waals surface area contributed by atoms with Crippen LogP contribution in [-0.2, 0) is 34.0 Å². The van der Waals surface area contributed by atoms with Gasteiger partial charge in [0.15, 0.2) is 0 Å². The van der Waals surface area contributed by atoms with Crippen LogP contribution < -0.4 is 0 Å². The zero-order valence-electron chi connectivity index (χ0n) is 19.7. The van der Waals surface area contributed by atoms with E-state index in [1.54, 1.807) is 17.0 Å². The summed E-state index contributed by atoms with van der Waals surface area (Å²) in [5, 5.41) is 0. The quantitative estimate of drug-likeness (QED) is 0.388. The SMILES string of the molecule is CCCN(CC(=O)N(Cc1ccc(F)cc1)Cc1ccc(C)o1)C(=O)COCc1ccccc1. The molecule has 0 bridgehead atoms. The lowest BCUT2D eigenvalue weighted by Gasteiger charge is -2.27. The zero-order valence-corrected chi connectivity index (χ0v) is 19.7. The number of furan rings is 1. The first-order valence-electron chi connectivity index (χ1n) is 11.4. The molecule has 2 amide bonds. The average Bonchev–Trinajstić information content (AvgIpc) is 3.24. The van der Waals surface area contributed by atoms with Crippen molar-refractivity contribution in [1.82, 2.24) is 9.80 Å². The predicted molar refractivity (Wildman–Crippen MR) is 127 cm³/mol. The van der Waals surface area contributed by atoms with Crippen molar-refractivity contribution in [2.75, 3.05) is 19.7 Å². The molecule has 3 rings (SSSR count). The summed E-state index contributed by atoms with van der Waals surface area (Å²) < 4.78 is 24.6. The lowest BCUT2D eigenvalue weighted by molar-refractivity contribution is -0.144. The van der Waals surface area contributed by atoms with Crippen molar-refractivity contribution in [1.29, 1.82) is 0 Å². The van der Waals surface area contributed by atoms with E-state index in [1.807, 2.05) is 56.3 Å². The number of hydrogen-bond acceptors (Lipinski definition) is 4. The van der Waals surface area contributed by atoms with Gasteiger partial charge in [-0.05, 0) is 48.7 Å². The third kappa shape index (κ3) is 7.85. The Morgan fingerprint density at radius 2 is 1.62 bits per heavy atom. The molecule has 0 fully saturated rings. The first-order valence-corrected chi connectivity index (χ1v) is 11.4. The highest BCUT2D eigenvalue weighted by molar-refractivity contribution is 5.85. The van der Waals surface area contributed by atoms with E-state index in [0.29, 0.717) is 25.3 Å². The van der Waals surface area contributed by atoms with Gasteiger partial charge in [0.25, 0.3) is 0 Å². The standard InChI is InChI=1S/C27H31FN2O4/c1-3-15-29(27(32)20-33-19-23-7-5-4-6-8-23)18-26(31)30(17-25-14-9-21(2)34-25)16-22-10-12-24(28)13-11-22/h4-14H,3,15-20H2,1-2H3. The van der Waals surface area contributed by atoms with Crippen LogP contribution in [0.3, 0.4) is 0 Å². The Hall–Kier alpha value is -3.45. The number of carbonyl (C=O) groups is 2. The molecule has 0 atom stereocenters. The van der Waals surface area contributed by atoms with Gasteiger partial charge in [-0.1, -0.05) is 49.4 Å². The molecule has 0 radical (unpaired) electrons. The van der Waals surface area contributed by atoms with Crippen molar-refractivity contribution < 1.29 is 23.1 Å². The molecule has 2 aromatic carbocycles. The first kappa shape index (κ1) is 25.2. The fraction of sp³-hybridized carbons (Fsp3) is 0.333. The van der Waals surface area contributed by atoms with Gasteiger partial charge in [0.2, 0.25) is 11.8 Å². The number of benzene rings is 2. The van der Waals surface area contributed by atoms with Gasteiger partial charge in [0, 0.05) is 13.1 Å². The fourth-order valence-corrected chi connectivity index (χ4v) is 3.55. The Kier molecular flexibility index (Phi) is 9.40.